The van der Waals surface area contributed by atoms with Gasteiger partial charge in [-0.3, -0.25) is 0 Å². The molecule has 0 atom stereocenters. The average Bonchev–Trinajstić information content (AvgIpc) is 2.71. The Kier molecular flexibility index (Phi) is 10.6. The van der Waals surface area contributed by atoms with Crippen LogP contribution in [0.3, 0.4) is 0 Å². The third kappa shape index (κ3) is 10.5. The van der Waals surface area contributed by atoms with Gasteiger partial charge in [0.15, 0.2) is 0 Å². The summed E-state index contributed by atoms with van der Waals surface area (Å²) in [6.45, 7) is 10.1. The fourth-order valence-electron chi connectivity index (χ4n) is 2.01. The van der Waals surface area contributed by atoms with Gasteiger partial charge in [0, 0.05) is 11.6 Å². The lowest BCUT2D eigenvalue weighted by atomic mass is 10.2. The van der Waals surface area contributed by atoms with Crippen LogP contribution >= 0.6 is 0 Å². The van der Waals surface area contributed by atoms with Gasteiger partial charge in [-0.1, -0.05) is 55.5 Å². The molecule has 2 aromatic carbocycles. The van der Waals surface area contributed by atoms with E-state index in [2.05, 4.69) is 18.7 Å². The summed E-state index contributed by atoms with van der Waals surface area (Å²) in [5.74, 6) is -0.486. The van der Waals surface area contributed by atoms with Crippen LogP contribution in [0.4, 0.5) is 0 Å². The number of benzene rings is 2. The normalized spacial score (nSPS) is 10.0. The summed E-state index contributed by atoms with van der Waals surface area (Å²) < 4.78 is 10.4. The predicted octanol–water partition coefficient (Wildman–Crippen LogP) is 5.19. The van der Waals surface area contributed by atoms with E-state index >= 15 is 0 Å². The molecular formula is C24H28O5. The molecule has 0 radical (unpaired) electrons. The van der Waals surface area contributed by atoms with Crippen molar-refractivity contribution in [2.24, 2.45) is 0 Å². The number of hydrogen-bond acceptors (Lipinski definition) is 4. The summed E-state index contributed by atoms with van der Waals surface area (Å²) in [6, 6.07) is 15.5. The maximum absolute atomic E-state index is 10.6. The van der Waals surface area contributed by atoms with E-state index < -0.39 is 5.97 Å². The van der Waals surface area contributed by atoms with Crippen molar-refractivity contribution in [2.45, 2.75) is 33.8 Å². The van der Waals surface area contributed by atoms with Gasteiger partial charge in [0.05, 0.1) is 6.61 Å². The van der Waals surface area contributed by atoms with Gasteiger partial charge >= 0.3 is 11.9 Å². The minimum Gasteiger partial charge on any atom is -0.489 e. The molecule has 0 saturated heterocycles. The highest BCUT2D eigenvalue weighted by molar-refractivity contribution is 5.86. The zero-order valence-corrected chi connectivity index (χ0v) is 17.2. The van der Waals surface area contributed by atoms with Gasteiger partial charge in [-0.05, 0) is 49.6 Å². The Morgan fingerprint density at radius 1 is 1.07 bits per heavy atom. The molecule has 0 saturated carbocycles. The lowest BCUT2D eigenvalue weighted by molar-refractivity contribution is -0.139. The molecule has 2 aromatic rings. The van der Waals surface area contributed by atoms with Gasteiger partial charge in [0.25, 0.3) is 0 Å². The Hall–Kier alpha value is -3.34. The molecule has 29 heavy (non-hydrogen) atoms. The predicted molar refractivity (Wildman–Crippen MR) is 115 cm³/mol. The Labute approximate surface area is 172 Å². The Balaban J connectivity index is 0.000000396. The van der Waals surface area contributed by atoms with E-state index in [0.717, 1.165) is 29.4 Å². The van der Waals surface area contributed by atoms with Crippen LogP contribution in [0.2, 0.25) is 0 Å². The van der Waals surface area contributed by atoms with Crippen LogP contribution in [0, 0.1) is 6.92 Å². The molecular weight excluding hydrogens is 368 g/mol. The van der Waals surface area contributed by atoms with E-state index in [1.165, 1.54) is 5.56 Å². The van der Waals surface area contributed by atoms with Crippen LogP contribution in [0.5, 0.6) is 5.75 Å². The van der Waals surface area contributed by atoms with Crippen LogP contribution in [0.25, 0.3) is 6.08 Å². The van der Waals surface area contributed by atoms with E-state index in [-0.39, 0.29) is 5.97 Å². The molecule has 5 nitrogen and oxygen atoms in total. The van der Waals surface area contributed by atoms with Crippen molar-refractivity contribution in [2.75, 3.05) is 6.61 Å². The van der Waals surface area contributed by atoms with Gasteiger partial charge in [0.1, 0.15) is 12.4 Å². The highest BCUT2D eigenvalue weighted by Gasteiger charge is 1.99. The quantitative estimate of drug-likeness (QED) is 0.491. The molecule has 0 amide bonds. The van der Waals surface area contributed by atoms with E-state index in [9.17, 15) is 9.59 Å². The fraction of sp³-hybridized carbons (Fsp3) is 0.250. The molecule has 0 aromatic heterocycles. The largest absolute Gasteiger partial charge is 0.489 e. The summed E-state index contributed by atoms with van der Waals surface area (Å²) in [5.41, 5.74) is 3.63. The number of aliphatic carboxylic acids is 1. The average molecular weight is 396 g/mol. The molecule has 0 aliphatic heterocycles. The first-order valence-electron chi connectivity index (χ1n) is 9.34. The van der Waals surface area contributed by atoms with Crippen LogP contribution < -0.4 is 4.74 Å². The van der Waals surface area contributed by atoms with Gasteiger partial charge < -0.3 is 14.6 Å². The Morgan fingerprint density at radius 2 is 1.69 bits per heavy atom. The zero-order chi connectivity index (χ0) is 21.6. The zero-order valence-electron chi connectivity index (χ0n) is 17.2. The first-order chi connectivity index (χ1) is 13.8. The minimum atomic E-state index is -0.954. The third-order valence-electron chi connectivity index (χ3n) is 3.61. The molecule has 1 N–H and O–H groups in total. The second-order valence-corrected chi connectivity index (χ2v) is 6.43. The van der Waals surface area contributed by atoms with Crippen LogP contribution in [0.15, 0.2) is 66.8 Å². The van der Waals surface area contributed by atoms with Crippen molar-refractivity contribution in [3.8, 4) is 5.75 Å². The number of hydrogen-bond donors (Lipinski definition) is 1. The van der Waals surface area contributed by atoms with Crippen LogP contribution in [-0.2, 0) is 20.9 Å². The SMILES string of the molecule is C=C(C)C(=O)OCCC.Cc1ccc(COc2ccc(C=CC(=O)O)cc2)cc1. The maximum Gasteiger partial charge on any atom is 0.333 e. The lowest BCUT2D eigenvalue weighted by Gasteiger charge is -2.06. The number of ether oxygens (including phenoxy) is 2. The smallest absolute Gasteiger partial charge is 0.333 e. The van der Waals surface area contributed by atoms with E-state index in [0.29, 0.717) is 18.8 Å². The molecule has 5 heteroatoms. The van der Waals surface area contributed by atoms with Gasteiger partial charge in [-0.2, -0.15) is 0 Å². The molecule has 0 fully saturated rings. The lowest BCUT2D eigenvalue weighted by Crippen LogP contribution is -2.04. The molecule has 0 bridgehead atoms. The number of carbonyl (C=O) groups excluding carboxylic acids is 1. The Bertz CT molecular complexity index is 817. The number of rotatable bonds is 8. The standard InChI is InChI=1S/C17H16O3.C7H12O2/c1-13-2-4-15(5-3-13)12-20-16-9-6-14(7-10-16)8-11-17(18)19;1-4-5-9-7(8)6(2)3/h2-11H,12H2,1H3,(H,18,19);2,4-5H2,1,3H3. The molecule has 0 aliphatic carbocycles. The van der Waals surface area contributed by atoms with Crippen molar-refractivity contribution in [1.29, 1.82) is 0 Å². The number of aryl methyl sites for hydroxylation is 1. The van der Waals surface area contributed by atoms with E-state index in [4.69, 9.17) is 14.6 Å². The van der Waals surface area contributed by atoms with Crippen molar-refractivity contribution >= 4 is 18.0 Å². The second kappa shape index (κ2) is 12.9. The summed E-state index contributed by atoms with van der Waals surface area (Å²) in [4.78, 5) is 21.0. The van der Waals surface area contributed by atoms with Gasteiger partial charge in [0.2, 0.25) is 0 Å². The molecule has 2 rings (SSSR count). The van der Waals surface area contributed by atoms with E-state index in [1.807, 2.05) is 50.2 Å². The fourth-order valence-corrected chi connectivity index (χ4v) is 2.01. The monoisotopic (exact) mass is 396 g/mol. The molecule has 0 unspecified atom stereocenters. The number of esters is 1. The van der Waals surface area contributed by atoms with Crippen molar-refractivity contribution in [3.63, 3.8) is 0 Å². The summed E-state index contributed by atoms with van der Waals surface area (Å²) in [6.07, 6.45) is 3.52. The van der Waals surface area contributed by atoms with Crippen molar-refractivity contribution in [1.82, 2.24) is 0 Å². The molecule has 0 aliphatic rings. The van der Waals surface area contributed by atoms with Crippen molar-refractivity contribution < 1.29 is 24.2 Å². The first-order valence-corrected chi connectivity index (χ1v) is 9.34. The third-order valence-corrected chi connectivity index (χ3v) is 3.61. The van der Waals surface area contributed by atoms with Gasteiger partial charge in [-0.25, -0.2) is 9.59 Å². The van der Waals surface area contributed by atoms with E-state index in [1.54, 1.807) is 13.0 Å². The minimum absolute atomic E-state index is 0.295. The van der Waals surface area contributed by atoms with Crippen LogP contribution in [-0.4, -0.2) is 23.7 Å². The highest BCUT2D eigenvalue weighted by Crippen LogP contribution is 2.15. The second-order valence-electron chi connectivity index (χ2n) is 6.43. The topological polar surface area (TPSA) is 72.8 Å². The number of carboxylic acid groups (broad SMARTS) is 1. The number of carboxylic acids is 1. The Morgan fingerprint density at radius 3 is 2.21 bits per heavy atom. The molecule has 154 valence electrons. The van der Waals surface area contributed by atoms with Crippen molar-refractivity contribution in [3.05, 3.63) is 83.4 Å². The highest BCUT2D eigenvalue weighted by atomic mass is 16.5. The molecule has 0 heterocycles. The number of carbonyl (C=O) groups is 2. The van der Waals surface area contributed by atoms with Crippen LogP contribution in [0.1, 0.15) is 37.0 Å². The summed E-state index contributed by atoms with van der Waals surface area (Å²) in [5, 5.41) is 8.55. The summed E-state index contributed by atoms with van der Waals surface area (Å²) in [7, 11) is 0. The van der Waals surface area contributed by atoms with Gasteiger partial charge in [-0.15, -0.1) is 0 Å². The summed E-state index contributed by atoms with van der Waals surface area (Å²) >= 11 is 0. The molecule has 0 spiro atoms. The first kappa shape index (κ1) is 23.7. The maximum atomic E-state index is 10.6.